The van der Waals surface area contributed by atoms with Crippen LogP contribution in [0.15, 0.2) is 24.3 Å². The number of benzene rings is 2. The predicted octanol–water partition coefficient (Wildman–Crippen LogP) is 0.633. The van der Waals surface area contributed by atoms with Crippen LogP contribution < -0.4 is 0 Å². The van der Waals surface area contributed by atoms with Gasteiger partial charge in [-0.25, -0.2) is 20.0 Å². The molecule has 4 heterocycles. The number of nitrogens with zero attached hydrogens (tertiary/aromatic N) is 4. The molecular weight excluding hydrogens is 440 g/mol. The van der Waals surface area contributed by atoms with Gasteiger partial charge in [0.05, 0.1) is 28.4 Å². The molecular formula is C24H24N4O6. The number of amides is 4. The summed E-state index contributed by atoms with van der Waals surface area (Å²) >= 11 is 0. The Balaban J connectivity index is 1.46. The Morgan fingerprint density at radius 3 is 1.59 bits per heavy atom. The van der Waals surface area contributed by atoms with Crippen LogP contribution in [0.1, 0.15) is 60.7 Å². The van der Waals surface area contributed by atoms with Crippen molar-refractivity contribution in [2.45, 2.75) is 25.4 Å². The van der Waals surface area contributed by atoms with Gasteiger partial charge in [-0.15, -0.1) is 0 Å². The summed E-state index contributed by atoms with van der Waals surface area (Å²) in [5.41, 5.74) is 1.05. The second kappa shape index (κ2) is 7.67. The maximum atomic E-state index is 13.5. The number of carbonyl (C=O) groups is 4. The second-order valence-corrected chi connectivity index (χ2v) is 9.37. The Kier molecular flexibility index (Phi) is 4.82. The summed E-state index contributed by atoms with van der Waals surface area (Å²) in [7, 11) is 0. The van der Waals surface area contributed by atoms with Crippen LogP contribution in [0.25, 0.3) is 10.8 Å². The van der Waals surface area contributed by atoms with E-state index in [1.165, 1.54) is 12.1 Å². The fourth-order valence-electron chi connectivity index (χ4n) is 5.64. The minimum absolute atomic E-state index is 0.0135. The molecule has 2 atom stereocenters. The van der Waals surface area contributed by atoms with Crippen LogP contribution in [0.4, 0.5) is 0 Å². The summed E-state index contributed by atoms with van der Waals surface area (Å²) in [6.45, 7) is 1.47. The van der Waals surface area contributed by atoms with Crippen molar-refractivity contribution in [3.05, 3.63) is 46.5 Å². The fraction of sp³-hybridized carbons (Fsp3) is 0.417. The lowest BCUT2D eigenvalue weighted by Gasteiger charge is -2.41. The van der Waals surface area contributed by atoms with E-state index in [1.54, 1.807) is 22.2 Å². The SMILES string of the molecule is O=C1c2ccc3c4c(ccc(c24)C(=O)N1N1CCC(O)C1)C(=O)N(N1CCCC(CO)C1)C3=O. The average molecular weight is 464 g/mol. The summed E-state index contributed by atoms with van der Waals surface area (Å²) in [6.07, 6.45) is 1.44. The highest BCUT2D eigenvalue weighted by Crippen LogP contribution is 2.39. The lowest BCUT2D eigenvalue weighted by molar-refractivity contribution is -0.0283. The minimum atomic E-state index is -0.612. The van der Waals surface area contributed by atoms with Gasteiger partial charge in [0.15, 0.2) is 0 Å². The molecule has 2 aromatic carbocycles. The Labute approximate surface area is 194 Å². The molecule has 0 bridgehead atoms. The molecule has 0 aliphatic carbocycles. The normalized spacial score (nSPS) is 25.7. The number of rotatable bonds is 3. The predicted molar refractivity (Wildman–Crippen MR) is 119 cm³/mol. The number of carbonyl (C=O) groups excluding carboxylic acids is 4. The van der Waals surface area contributed by atoms with E-state index in [0.29, 0.717) is 36.8 Å². The van der Waals surface area contributed by atoms with E-state index in [0.717, 1.165) is 22.9 Å². The number of aliphatic hydroxyl groups excluding tert-OH is 2. The van der Waals surface area contributed by atoms with Gasteiger partial charge in [0.2, 0.25) is 0 Å². The molecule has 2 unspecified atom stereocenters. The fourth-order valence-corrected chi connectivity index (χ4v) is 5.64. The quantitative estimate of drug-likeness (QED) is 0.635. The number of β-amino-alcohol motifs (C(OH)–C–C–N with tert-alkyl or cyclic N) is 1. The molecule has 10 nitrogen and oxygen atoms in total. The van der Waals surface area contributed by atoms with E-state index in [4.69, 9.17) is 0 Å². The van der Waals surface area contributed by atoms with Crippen LogP contribution in [0.2, 0.25) is 0 Å². The minimum Gasteiger partial charge on any atom is -0.396 e. The van der Waals surface area contributed by atoms with E-state index < -0.39 is 29.7 Å². The van der Waals surface area contributed by atoms with Crippen LogP contribution in [-0.4, -0.2) is 92.8 Å². The molecule has 34 heavy (non-hydrogen) atoms. The third kappa shape index (κ3) is 2.89. The molecule has 4 aliphatic heterocycles. The highest BCUT2D eigenvalue weighted by molar-refractivity contribution is 6.33. The lowest BCUT2D eigenvalue weighted by Crippen LogP contribution is -2.55. The summed E-state index contributed by atoms with van der Waals surface area (Å²) in [5.74, 6) is -2.06. The third-order valence-electron chi connectivity index (χ3n) is 7.32. The van der Waals surface area contributed by atoms with Gasteiger partial charge in [-0.1, -0.05) is 0 Å². The summed E-state index contributed by atoms with van der Waals surface area (Å²) in [6, 6.07) is 6.17. The van der Waals surface area contributed by atoms with Crippen molar-refractivity contribution in [1.82, 2.24) is 20.0 Å². The van der Waals surface area contributed by atoms with Crippen molar-refractivity contribution in [3.63, 3.8) is 0 Å². The van der Waals surface area contributed by atoms with Gasteiger partial charge in [0, 0.05) is 43.6 Å². The topological polar surface area (TPSA) is 122 Å². The van der Waals surface area contributed by atoms with Crippen LogP contribution in [0, 0.1) is 5.92 Å². The first-order valence-corrected chi connectivity index (χ1v) is 11.6. The van der Waals surface area contributed by atoms with E-state index >= 15 is 0 Å². The Morgan fingerprint density at radius 1 is 0.706 bits per heavy atom. The van der Waals surface area contributed by atoms with Gasteiger partial charge in [-0.05, 0) is 49.4 Å². The number of hydrazine groups is 2. The van der Waals surface area contributed by atoms with E-state index in [1.807, 2.05) is 0 Å². The van der Waals surface area contributed by atoms with Gasteiger partial charge < -0.3 is 10.2 Å². The molecule has 0 radical (unpaired) electrons. The largest absolute Gasteiger partial charge is 0.396 e. The number of hydrogen-bond donors (Lipinski definition) is 2. The maximum absolute atomic E-state index is 13.5. The first-order valence-electron chi connectivity index (χ1n) is 11.6. The van der Waals surface area contributed by atoms with Crippen molar-refractivity contribution in [1.29, 1.82) is 0 Å². The summed E-state index contributed by atoms with van der Waals surface area (Å²) < 4.78 is 0. The summed E-state index contributed by atoms with van der Waals surface area (Å²) in [4.78, 5) is 53.7. The first-order chi connectivity index (χ1) is 16.4. The molecule has 176 valence electrons. The highest BCUT2D eigenvalue weighted by Gasteiger charge is 2.44. The van der Waals surface area contributed by atoms with Gasteiger partial charge in [0.25, 0.3) is 23.6 Å². The van der Waals surface area contributed by atoms with Crippen LogP contribution in [0.5, 0.6) is 0 Å². The zero-order valence-electron chi connectivity index (χ0n) is 18.4. The maximum Gasteiger partial charge on any atom is 0.276 e. The molecule has 2 aromatic rings. The molecule has 10 heteroatoms. The Morgan fingerprint density at radius 2 is 1.18 bits per heavy atom. The van der Waals surface area contributed by atoms with E-state index in [-0.39, 0.29) is 41.3 Å². The molecule has 0 aromatic heterocycles. The van der Waals surface area contributed by atoms with Crippen LogP contribution >= 0.6 is 0 Å². The van der Waals surface area contributed by atoms with Crippen molar-refractivity contribution in [2.75, 3.05) is 32.8 Å². The molecule has 2 fully saturated rings. The lowest BCUT2D eigenvalue weighted by atomic mass is 9.86. The molecule has 2 saturated heterocycles. The zero-order chi connectivity index (χ0) is 23.7. The van der Waals surface area contributed by atoms with Gasteiger partial charge in [0.1, 0.15) is 0 Å². The van der Waals surface area contributed by atoms with Gasteiger partial charge >= 0.3 is 0 Å². The smallest absolute Gasteiger partial charge is 0.276 e. The molecule has 0 saturated carbocycles. The molecule has 2 N–H and O–H groups in total. The highest BCUT2D eigenvalue weighted by atomic mass is 16.3. The number of hydrogen-bond acceptors (Lipinski definition) is 8. The zero-order valence-corrected chi connectivity index (χ0v) is 18.4. The summed E-state index contributed by atoms with van der Waals surface area (Å²) in [5, 5.41) is 25.6. The van der Waals surface area contributed by atoms with E-state index in [2.05, 4.69) is 0 Å². The van der Waals surface area contributed by atoms with Gasteiger partial charge in [-0.2, -0.15) is 0 Å². The van der Waals surface area contributed by atoms with Crippen molar-refractivity contribution in [2.24, 2.45) is 5.92 Å². The number of imide groups is 2. The second-order valence-electron chi connectivity index (χ2n) is 9.37. The van der Waals surface area contributed by atoms with Crippen LogP contribution in [-0.2, 0) is 0 Å². The molecule has 0 spiro atoms. The molecule has 6 rings (SSSR count). The monoisotopic (exact) mass is 464 g/mol. The van der Waals surface area contributed by atoms with Crippen molar-refractivity contribution in [3.8, 4) is 0 Å². The Bertz CT molecular complexity index is 1210. The molecule has 4 amide bonds. The number of aliphatic hydroxyl groups is 2. The third-order valence-corrected chi connectivity index (χ3v) is 7.32. The van der Waals surface area contributed by atoms with E-state index in [9.17, 15) is 29.4 Å². The molecule has 4 aliphatic rings. The Hall–Kier alpha value is -3.18. The number of piperidine rings is 1. The van der Waals surface area contributed by atoms with Crippen molar-refractivity contribution >= 4 is 34.4 Å². The van der Waals surface area contributed by atoms with Gasteiger partial charge in [-0.3, -0.25) is 19.2 Å². The van der Waals surface area contributed by atoms with Crippen LogP contribution in [0.3, 0.4) is 0 Å². The van der Waals surface area contributed by atoms with Crippen molar-refractivity contribution < 1.29 is 29.4 Å². The first kappa shape index (κ1) is 21.4. The standard InChI is InChI=1S/C24H24N4O6/c29-12-13-2-1-8-25(10-13)27-21(31)15-3-5-17-20-18(6-4-16(19(15)20)22(27)32)24(34)28(23(17)33)26-9-7-14(30)11-26/h3-6,13-14,29-30H,1-2,7-12H2. The average Bonchev–Trinajstić information content (AvgIpc) is 3.27.